The molecule has 0 bridgehead atoms. The molecular weight excluding hydrogens is 226 g/mol. The number of rotatable bonds is 7. The lowest BCUT2D eigenvalue weighted by Crippen LogP contribution is -2.27. The summed E-state index contributed by atoms with van der Waals surface area (Å²) in [5.74, 6) is 0. The van der Waals surface area contributed by atoms with Crippen LogP contribution in [-0.4, -0.2) is 31.9 Å². The van der Waals surface area contributed by atoms with E-state index in [4.69, 9.17) is 9.47 Å². The smallest absolute Gasteiger partial charge is 0.0814 e. The van der Waals surface area contributed by atoms with E-state index < -0.39 is 0 Å². The highest BCUT2D eigenvalue weighted by molar-refractivity contribution is 5.13. The van der Waals surface area contributed by atoms with Crippen LogP contribution in [0.3, 0.4) is 0 Å². The van der Waals surface area contributed by atoms with Crippen LogP contribution in [0.4, 0.5) is 0 Å². The number of hydrogen-bond acceptors (Lipinski definition) is 3. The van der Waals surface area contributed by atoms with E-state index in [-0.39, 0.29) is 6.10 Å². The molecule has 0 spiro atoms. The van der Waals surface area contributed by atoms with Gasteiger partial charge in [-0.3, -0.25) is 0 Å². The number of ether oxygens (including phenoxy) is 2. The third kappa shape index (κ3) is 4.41. The van der Waals surface area contributed by atoms with Crippen molar-refractivity contribution in [2.24, 2.45) is 0 Å². The third-order valence-electron chi connectivity index (χ3n) is 3.23. The molecular formula is C15H23NO2. The summed E-state index contributed by atoms with van der Waals surface area (Å²) in [6.07, 6.45) is 2.91. The molecule has 2 atom stereocenters. The van der Waals surface area contributed by atoms with Gasteiger partial charge in [-0.05, 0) is 24.9 Å². The number of likely N-dealkylation sites (N-methyl/N-ethyl adjacent to an activating group) is 1. The largest absolute Gasteiger partial charge is 0.374 e. The second kappa shape index (κ2) is 7.52. The van der Waals surface area contributed by atoms with Crippen molar-refractivity contribution in [1.82, 2.24) is 5.32 Å². The molecule has 3 nitrogen and oxygen atoms in total. The molecule has 1 aliphatic heterocycles. The van der Waals surface area contributed by atoms with Crippen LogP contribution in [0, 0.1) is 0 Å². The molecule has 3 heteroatoms. The van der Waals surface area contributed by atoms with Gasteiger partial charge in [-0.15, -0.1) is 0 Å². The third-order valence-corrected chi connectivity index (χ3v) is 3.23. The first-order valence-corrected chi connectivity index (χ1v) is 6.86. The molecule has 1 heterocycles. The Morgan fingerprint density at radius 2 is 2.00 bits per heavy atom. The summed E-state index contributed by atoms with van der Waals surface area (Å²) < 4.78 is 11.6. The predicted molar refractivity (Wildman–Crippen MR) is 72.5 cm³/mol. The van der Waals surface area contributed by atoms with E-state index in [9.17, 15) is 0 Å². The number of hydrogen-bond donors (Lipinski definition) is 1. The second-order valence-corrected chi connectivity index (χ2v) is 4.77. The summed E-state index contributed by atoms with van der Waals surface area (Å²) in [7, 11) is 0. The highest BCUT2D eigenvalue weighted by Gasteiger charge is 2.24. The molecule has 0 radical (unpaired) electrons. The molecule has 0 saturated carbocycles. The van der Waals surface area contributed by atoms with Crippen LogP contribution in [0.5, 0.6) is 0 Å². The molecule has 1 aliphatic rings. The Bertz CT molecular complexity index is 329. The summed E-state index contributed by atoms with van der Waals surface area (Å²) in [5.41, 5.74) is 1.22. The summed E-state index contributed by atoms with van der Waals surface area (Å²) in [5, 5.41) is 3.33. The Labute approximate surface area is 109 Å². The van der Waals surface area contributed by atoms with Crippen LogP contribution in [-0.2, 0) is 16.1 Å². The minimum atomic E-state index is 0.275. The summed E-state index contributed by atoms with van der Waals surface area (Å²) in [4.78, 5) is 0. The van der Waals surface area contributed by atoms with Crippen LogP contribution in [0.25, 0.3) is 0 Å². The van der Waals surface area contributed by atoms with Crippen LogP contribution >= 0.6 is 0 Å². The van der Waals surface area contributed by atoms with E-state index >= 15 is 0 Å². The number of benzene rings is 1. The van der Waals surface area contributed by atoms with Gasteiger partial charge in [0.15, 0.2) is 0 Å². The maximum Gasteiger partial charge on any atom is 0.0814 e. The molecule has 0 amide bonds. The quantitative estimate of drug-likeness (QED) is 0.804. The van der Waals surface area contributed by atoms with Gasteiger partial charge < -0.3 is 14.8 Å². The molecule has 1 N–H and O–H groups in total. The van der Waals surface area contributed by atoms with Gasteiger partial charge in [-0.2, -0.15) is 0 Å². The Morgan fingerprint density at radius 3 is 2.78 bits per heavy atom. The maximum absolute atomic E-state index is 5.91. The van der Waals surface area contributed by atoms with Gasteiger partial charge in [0.2, 0.25) is 0 Å². The first-order chi connectivity index (χ1) is 8.88. The lowest BCUT2D eigenvalue weighted by atomic mass is 10.2. The van der Waals surface area contributed by atoms with Gasteiger partial charge in [0.25, 0.3) is 0 Å². The summed E-state index contributed by atoms with van der Waals surface area (Å²) in [6.45, 7) is 5.48. The minimum absolute atomic E-state index is 0.275. The lowest BCUT2D eigenvalue weighted by molar-refractivity contribution is -0.0188. The maximum atomic E-state index is 5.91. The van der Waals surface area contributed by atoms with Gasteiger partial charge in [-0.1, -0.05) is 37.3 Å². The van der Waals surface area contributed by atoms with E-state index in [0.29, 0.717) is 19.3 Å². The highest BCUT2D eigenvalue weighted by atomic mass is 16.5. The molecule has 1 aromatic rings. The molecule has 1 aromatic carbocycles. The molecule has 1 saturated heterocycles. The Balaban J connectivity index is 1.60. The van der Waals surface area contributed by atoms with Gasteiger partial charge in [0, 0.05) is 6.54 Å². The minimum Gasteiger partial charge on any atom is -0.374 e. The standard InChI is InChI=1S/C15H23NO2/c1-2-16-10-14-8-9-15(18-14)12-17-11-13-6-4-3-5-7-13/h3-7,14-16H,2,8-12H2,1H3/t14-,15+/m1/s1. The van der Waals surface area contributed by atoms with Crippen molar-refractivity contribution in [3.63, 3.8) is 0 Å². The zero-order valence-electron chi connectivity index (χ0n) is 11.1. The van der Waals surface area contributed by atoms with Crippen LogP contribution in [0.15, 0.2) is 30.3 Å². The Morgan fingerprint density at radius 1 is 1.22 bits per heavy atom. The highest BCUT2D eigenvalue weighted by Crippen LogP contribution is 2.19. The van der Waals surface area contributed by atoms with Crippen molar-refractivity contribution in [1.29, 1.82) is 0 Å². The fourth-order valence-electron chi connectivity index (χ4n) is 2.24. The normalized spacial score (nSPS) is 23.4. The van der Waals surface area contributed by atoms with Gasteiger partial charge in [-0.25, -0.2) is 0 Å². The van der Waals surface area contributed by atoms with Crippen LogP contribution < -0.4 is 5.32 Å². The molecule has 2 rings (SSSR count). The second-order valence-electron chi connectivity index (χ2n) is 4.77. The lowest BCUT2D eigenvalue weighted by Gasteiger charge is -2.14. The van der Waals surface area contributed by atoms with E-state index in [2.05, 4.69) is 24.4 Å². The SMILES string of the molecule is CCNC[C@H]1CC[C@@H](COCc2ccccc2)O1. The van der Waals surface area contributed by atoms with E-state index in [1.54, 1.807) is 0 Å². The molecule has 1 fully saturated rings. The molecule has 0 aromatic heterocycles. The molecule has 100 valence electrons. The summed E-state index contributed by atoms with van der Waals surface area (Å²) in [6, 6.07) is 10.3. The topological polar surface area (TPSA) is 30.5 Å². The zero-order chi connectivity index (χ0) is 12.6. The average Bonchev–Trinajstić information content (AvgIpc) is 2.85. The summed E-state index contributed by atoms with van der Waals surface area (Å²) >= 11 is 0. The van der Waals surface area contributed by atoms with E-state index in [1.165, 1.54) is 5.56 Å². The molecule has 18 heavy (non-hydrogen) atoms. The van der Waals surface area contributed by atoms with E-state index in [0.717, 1.165) is 25.9 Å². The van der Waals surface area contributed by atoms with Crippen LogP contribution in [0.1, 0.15) is 25.3 Å². The Kier molecular flexibility index (Phi) is 5.65. The Hall–Kier alpha value is -0.900. The molecule has 0 aliphatic carbocycles. The van der Waals surface area contributed by atoms with Crippen molar-refractivity contribution >= 4 is 0 Å². The monoisotopic (exact) mass is 249 g/mol. The van der Waals surface area contributed by atoms with Crippen molar-refractivity contribution < 1.29 is 9.47 Å². The fourth-order valence-corrected chi connectivity index (χ4v) is 2.24. The van der Waals surface area contributed by atoms with E-state index in [1.807, 2.05) is 18.2 Å². The van der Waals surface area contributed by atoms with Crippen LogP contribution in [0.2, 0.25) is 0 Å². The zero-order valence-corrected chi connectivity index (χ0v) is 11.1. The van der Waals surface area contributed by atoms with Crippen molar-refractivity contribution in [3.8, 4) is 0 Å². The van der Waals surface area contributed by atoms with Gasteiger partial charge in [0.05, 0.1) is 25.4 Å². The average molecular weight is 249 g/mol. The fraction of sp³-hybridized carbons (Fsp3) is 0.600. The first-order valence-electron chi connectivity index (χ1n) is 6.86. The number of nitrogens with one attached hydrogen (secondary N) is 1. The van der Waals surface area contributed by atoms with Crippen molar-refractivity contribution in [2.45, 2.75) is 38.6 Å². The van der Waals surface area contributed by atoms with Gasteiger partial charge >= 0.3 is 0 Å². The first kappa shape index (κ1) is 13.5. The predicted octanol–water partition coefficient (Wildman–Crippen LogP) is 2.36. The molecule has 0 unspecified atom stereocenters. The van der Waals surface area contributed by atoms with Crippen molar-refractivity contribution in [3.05, 3.63) is 35.9 Å². The van der Waals surface area contributed by atoms with Crippen molar-refractivity contribution in [2.75, 3.05) is 19.7 Å². The van der Waals surface area contributed by atoms with Gasteiger partial charge in [0.1, 0.15) is 0 Å².